The van der Waals surface area contributed by atoms with E-state index < -0.39 is 0 Å². The number of likely N-dealkylation sites (tertiary alicyclic amines) is 1. The molecular formula is C24H33N3O2S. The molecule has 6 heteroatoms. The fourth-order valence-corrected chi connectivity index (χ4v) is 8.55. The summed E-state index contributed by atoms with van der Waals surface area (Å²) in [6.07, 6.45) is 8.84. The Morgan fingerprint density at radius 3 is 2.77 bits per heavy atom. The fourth-order valence-electron chi connectivity index (χ4n) is 8.02. The second kappa shape index (κ2) is 6.91. The van der Waals surface area contributed by atoms with Crippen molar-refractivity contribution in [2.45, 2.75) is 65.7 Å². The molecule has 3 fully saturated rings. The zero-order valence-electron chi connectivity index (χ0n) is 18.5. The Labute approximate surface area is 183 Å². The lowest BCUT2D eigenvalue weighted by Gasteiger charge is -2.59. The molecule has 2 heterocycles. The van der Waals surface area contributed by atoms with Crippen LogP contribution >= 0.6 is 11.3 Å². The van der Waals surface area contributed by atoms with Crippen molar-refractivity contribution < 1.29 is 9.59 Å². The average molecular weight is 428 g/mol. The summed E-state index contributed by atoms with van der Waals surface area (Å²) in [5.41, 5.74) is 2.86. The van der Waals surface area contributed by atoms with Gasteiger partial charge in [0.05, 0.1) is 0 Å². The van der Waals surface area contributed by atoms with E-state index in [0.717, 1.165) is 38.5 Å². The lowest BCUT2D eigenvalue weighted by atomic mass is 9.48. The number of nitrogens with one attached hydrogen (secondary N) is 1. The molecule has 1 N–H and O–H groups in total. The smallest absolute Gasteiger partial charge is 0.229 e. The molecule has 4 aliphatic rings. The van der Waals surface area contributed by atoms with Gasteiger partial charge in [-0.1, -0.05) is 19.4 Å². The van der Waals surface area contributed by atoms with E-state index in [-0.39, 0.29) is 28.6 Å². The maximum atomic E-state index is 13.2. The molecule has 5 rings (SSSR count). The van der Waals surface area contributed by atoms with Crippen molar-refractivity contribution >= 4 is 28.3 Å². The number of hydrogen-bond acceptors (Lipinski definition) is 4. The van der Waals surface area contributed by atoms with Gasteiger partial charge in [-0.25, -0.2) is 4.98 Å². The number of anilines is 1. The molecule has 1 saturated heterocycles. The Kier molecular flexibility index (Phi) is 4.66. The van der Waals surface area contributed by atoms with E-state index in [1.54, 1.807) is 6.20 Å². The van der Waals surface area contributed by atoms with Crippen LogP contribution in [0.5, 0.6) is 0 Å². The van der Waals surface area contributed by atoms with Crippen LogP contribution < -0.4 is 5.32 Å². The number of amides is 2. The Bertz CT molecular complexity index is 910. The molecular weight excluding hydrogens is 394 g/mol. The van der Waals surface area contributed by atoms with Gasteiger partial charge in [0.25, 0.3) is 0 Å². The van der Waals surface area contributed by atoms with Crippen LogP contribution in [-0.2, 0) is 9.59 Å². The van der Waals surface area contributed by atoms with E-state index in [0.29, 0.717) is 29.3 Å². The predicted molar refractivity (Wildman–Crippen MR) is 119 cm³/mol. The van der Waals surface area contributed by atoms with Crippen LogP contribution in [0.3, 0.4) is 0 Å². The van der Waals surface area contributed by atoms with Gasteiger partial charge in [-0.15, -0.1) is 11.3 Å². The van der Waals surface area contributed by atoms with E-state index in [1.807, 2.05) is 17.3 Å². The maximum absolute atomic E-state index is 13.2. The Morgan fingerprint density at radius 1 is 1.23 bits per heavy atom. The second-order valence-electron chi connectivity index (χ2n) is 10.6. The summed E-state index contributed by atoms with van der Waals surface area (Å²) in [6.45, 7) is 7.03. The SMILES string of the molecule is CC1=C2N(C)C(=O)CC[C@]2(C)[C@H]2CC[C@]3(C)[C@@H](C(=O)Nc4nccs4)CC[C@H]3[C@@H]2C1. The number of piperidine rings is 1. The highest BCUT2D eigenvalue weighted by molar-refractivity contribution is 7.13. The third kappa shape index (κ3) is 2.75. The van der Waals surface area contributed by atoms with Crippen molar-refractivity contribution in [3.8, 4) is 0 Å². The molecule has 5 nitrogen and oxygen atoms in total. The molecule has 162 valence electrons. The summed E-state index contributed by atoms with van der Waals surface area (Å²) in [4.78, 5) is 31.8. The third-order valence-corrected chi connectivity index (χ3v) is 9.98. The van der Waals surface area contributed by atoms with Crippen molar-refractivity contribution in [2.24, 2.45) is 34.5 Å². The van der Waals surface area contributed by atoms with E-state index >= 15 is 0 Å². The first kappa shape index (κ1) is 20.2. The molecule has 6 atom stereocenters. The van der Waals surface area contributed by atoms with E-state index in [9.17, 15) is 9.59 Å². The topological polar surface area (TPSA) is 62.3 Å². The molecule has 1 aromatic heterocycles. The molecule has 0 aromatic carbocycles. The monoisotopic (exact) mass is 427 g/mol. The molecule has 1 aromatic rings. The van der Waals surface area contributed by atoms with Crippen LogP contribution in [0.4, 0.5) is 5.13 Å². The highest BCUT2D eigenvalue weighted by Crippen LogP contribution is 2.66. The first-order valence-corrected chi connectivity index (χ1v) is 12.3. The van der Waals surface area contributed by atoms with Gasteiger partial charge in [0, 0.05) is 42.1 Å². The Morgan fingerprint density at radius 2 is 2.03 bits per heavy atom. The average Bonchev–Trinajstić information content (AvgIpc) is 3.32. The van der Waals surface area contributed by atoms with Crippen molar-refractivity contribution in [1.82, 2.24) is 9.88 Å². The van der Waals surface area contributed by atoms with Crippen LogP contribution in [0.25, 0.3) is 0 Å². The number of carbonyl (C=O) groups excluding carboxylic acids is 2. The fraction of sp³-hybridized carbons (Fsp3) is 0.708. The number of allylic oxidation sites excluding steroid dienone is 2. The lowest BCUT2D eigenvalue weighted by molar-refractivity contribution is -0.137. The van der Waals surface area contributed by atoms with E-state index in [1.165, 1.54) is 22.6 Å². The van der Waals surface area contributed by atoms with Gasteiger partial charge in [-0.3, -0.25) is 9.59 Å². The summed E-state index contributed by atoms with van der Waals surface area (Å²) >= 11 is 1.49. The molecule has 3 aliphatic carbocycles. The minimum Gasteiger partial charge on any atom is -0.319 e. The summed E-state index contributed by atoms with van der Waals surface area (Å²) in [6, 6.07) is 0. The van der Waals surface area contributed by atoms with Gasteiger partial charge >= 0.3 is 0 Å². The normalized spacial score (nSPS) is 40.7. The Balaban J connectivity index is 1.44. The third-order valence-electron chi connectivity index (χ3n) is 9.29. The Hall–Kier alpha value is -1.69. The van der Waals surface area contributed by atoms with Crippen molar-refractivity contribution in [2.75, 3.05) is 12.4 Å². The maximum Gasteiger partial charge on any atom is 0.229 e. The first-order valence-electron chi connectivity index (χ1n) is 11.4. The van der Waals surface area contributed by atoms with Crippen molar-refractivity contribution in [3.63, 3.8) is 0 Å². The minimum absolute atomic E-state index is 0.0625. The zero-order valence-corrected chi connectivity index (χ0v) is 19.3. The standard InChI is InChI=1S/C24H33N3O2S/c1-14-13-15-16-5-6-18(21(29)26-22-25-11-12-30-22)23(16,2)9-7-17(15)24(3)10-8-19(28)27(4)20(14)24/h11-12,15-18H,5-10,13H2,1-4H3,(H,25,26,29)/t15-,16-,17-,18+,23-,24+/m0/s1. The van der Waals surface area contributed by atoms with Gasteiger partial charge in [0.1, 0.15) is 0 Å². The number of aromatic nitrogens is 1. The van der Waals surface area contributed by atoms with Crippen LogP contribution in [-0.4, -0.2) is 28.7 Å². The molecule has 2 saturated carbocycles. The number of fused-ring (bicyclic) bond motifs is 5. The molecule has 1 aliphatic heterocycles. The summed E-state index contributed by atoms with van der Waals surface area (Å²) < 4.78 is 0. The molecule has 0 unspecified atom stereocenters. The number of carbonyl (C=O) groups is 2. The number of rotatable bonds is 2. The number of nitrogens with zero attached hydrogens (tertiary/aromatic N) is 2. The van der Waals surface area contributed by atoms with Crippen molar-refractivity contribution in [3.05, 3.63) is 22.8 Å². The summed E-state index contributed by atoms with van der Waals surface area (Å²) in [5.74, 6) is 2.32. The van der Waals surface area contributed by atoms with Crippen LogP contribution in [0.1, 0.15) is 65.7 Å². The van der Waals surface area contributed by atoms with E-state index in [2.05, 4.69) is 31.1 Å². The number of thiazole rings is 1. The van der Waals surface area contributed by atoms with Gasteiger partial charge in [0.2, 0.25) is 11.8 Å². The number of hydrogen-bond donors (Lipinski definition) is 1. The molecule has 0 spiro atoms. The molecule has 0 radical (unpaired) electrons. The quantitative estimate of drug-likeness (QED) is 0.716. The van der Waals surface area contributed by atoms with Crippen LogP contribution in [0, 0.1) is 34.5 Å². The summed E-state index contributed by atoms with van der Waals surface area (Å²) in [5, 5.41) is 5.70. The van der Waals surface area contributed by atoms with E-state index in [4.69, 9.17) is 0 Å². The molecule has 2 amide bonds. The van der Waals surface area contributed by atoms with Crippen LogP contribution in [0.2, 0.25) is 0 Å². The lowest BCUT2D eigenvalue weighted by Crippen LogP contribution is -2.54. The van der Waals surface area contributed by atoms with Gasteiger partial charge in [-0.05, 0) is 68.6 Å². The predicted octanol–water partition coefficient (Wildman–Crippen LogP) is 5.08. The second-order valence-corrected chi connectivity index (χ2v) is 11.5. The highest BCUT2D eigenvalue weighted by atomic mass is 32.1. The summed E-state index contributed by atoms with van der Waals surface area (Å²) in [7, 11) is 1.97. The zero-order chi connectivity index (χ0) is 21.3. The van der Waals surface area contributed by atoms with Gasteiger partial charge < -0.3 is 10.2 Å². The molecule has 30 heavy (non-hydrogen) atoms. The highest BCUT2D eigenvalue weighted by Gasteiger charge is 2.61. The largest absolute Gasteiger partial charge is 0.319 e. The van der Waals surface area contributed by atoms with Crippen LogP contribution in [0.15, 0.2) is 22.8 Å². The molecule has 0 bridgehead atoms. The van der Waals surface area contributed by atoms with Gasteiger partial charge in [0.15, 0.2) is 5.13 Å². The van der Waals surface area contributed by atoms with Gasteiger partial charge in [-0.2, -0.15) is 0 Å². The minimum atomic E-state index is 0.0625. The first-order chi connectivity index (χ1) is 14.3. The van der Waals surface area contributed by atoms with Crippen molar-refractivity contribution in [1.29, 1.82) is 0 Å².